The monoisotopic (exact) mass is 587 g/mol. The first-order valence-corrected chi connectivity index (χ1v) is 15.4. The van der Waals surface area contributed by atoms with Crippen molar-refractivity contribution in [1.82, 2.24) is 15.0 Å². The van der Waals surface area contributed by atoms with Gasteiger partial charge in [0.1, 0.15) is 0 Å². The molecule has 46 heavy (non-hydrogen) atoms. The van der Waals surface area contributed by atoms with E-state index in [1.165, 1.54) is 0 Å². The lowest BCUT2D eigenvalue weighted by atomic mass is 9.94. The number of fused-ring (bicyclic) bond motifs is 1. The van der Waals surface area contributed by atoms with Crippen LogP contribution in [-0.2, 0) is 0 Å². The molecule has 6 aromatic carbocycles. The summed E-state index contributed by atoms with van der Waals surface area (Å²) in [4.78, 5) is 15.1. The molecule has 0 aliphatic heterocycles. The molecule has 0 saturated heterocycles. The molecule has 3 nitrogen and oxygen atoms in total. The van der Waals surface area contributed by atoms with Crippen molar-refractivity contribution in [3.8, 4) is 67.4 Å². The third kappa shape index (κ3) is 5.58. The van der Waals surface area contributed by atoms with Crippen LogP contribution in [0, 0.1) is 0 Å². The maximum absolute atomic E-state index is 5.22. The van der Waals surface area contributed by atoms with Crippen molar-refractivity contribution >= 4 is 10.8 Å². The second-order valence-electron chi connectivity index (χ2n) is 11.4. The molecule has 0 bridgehead atoms. The second kappa shape index (κ2) is 12.1. The van der Waals surface area contributed by atoms with Crippen LogP contribution in [0.2, 0.25) is 0 Å². The molecule has 0 aliphatic rings. The molecule has 0 unspecified atom stereocenters. The fraction of sp³-hybridized carbons (Fsp3) is 0. The van der Waals surface area contributed by atoms with Crippen LogP contribution in [0.15, 0.2) is 176 Å². The van der Waals surface area contributed by atoms with Crippen molar-refractivity contribution in [2.24, 2.45) is 0 Å². The van der Waals surface area contributed by atoms with Crippen molar-refractivity contribution in [2.75, 3.05) is 0 Å². The molecule has 0 aliphatic carbocycles. The summed E-state index contributed by atoms with van der Waals surface area (Å²) < 4.78 is 0. The van der Waals surface area contributed by atoms with E-state index in [0.717, 1.165) is 72.4 Å². The molecule has 2 heterocycles. The molecule has 8 aromatic rings. The smallest absolute Gasteiger partial charge is 0.160 e. The van der Waals surface area contributed by atoms with Crippen LogP contribution < -0.4 is 0 Å². The summed E-state index contributed by atoms with van der Waals surface area (Å²) in [6, 6.07) is 59.0. The van der Waals surface area contributed by atoms with Gasteiger partial charge in [-0.2, -0.15) is 0 Å². The van der Waals surface area contributed by atoms with Gasteiger partial charge in [-0.3, -0.25) is 4.98 Å². The van der Waals surface area contributed by atoms with Gasteiger partial charge in [0.05, 0.1) is 17.1 Å². The Hall–Kier alpha value is -6.19. The molecule has 0 spiro atoms. The summed E-state index contributed by atoms with van der Waals surface area (Å²) in [6.45, 7) is 0. The number of hydrogen-bond acceptors (Lipinski definition) is 3. The normalized spacial score (nSPS) is 11.0. The number of benzene rings is 6. The first kappa shape index (κ1) is 27.4. The Morgan fingerprint density at radius 3 is 1.41 bits per heavy atom. The summed E-state index contributed by atoms with van der Waals surface area (Å²) in [5, 5.41) is 2.29. The summed E-state index contributed by atoms with van der Waals surface area (Å²) in [7, 11) is 0. The summed E-state index contributed by atoms with van der Waals surface area (Å²) >= 11 is 0. The highest BCUT2D eigenvalue weighted by Gasteiger charge is 2.14. The molecule has 0 atom stereocenters. The Labute approximate surface area is 268 Å². The fourth-order valence-electron chi connectivity index (χ4n) is 5.91. The zero-order valence-electron chi connectivity index (χ0n) is 25.1. The molecule has 0 N–H and O–H groups in total. The van der Waals surface area contributed by atoms with Crippen LogP contribution in [0.3, 0.4) is 0 Å². The molecular formula is C43H29N3. The first-order valence-electron chi connectivity index (χ1n) is 15.4. The van der Waals surface area contributed by atoms with Gasteiger partial charge in [-0.05, 0) is 64.0 Å². The summed E-state index contributed by atoms with van der Waals surface area (Å²) in [5.74, 6) is 0.672. The van der Waals surface area contributed by atoms with Crippen molar-refractivity contribution in [2.45, 2.75) is 0 Å². The minimum atomic E-state index is 0.672. The minimum Gasteiger partial charge on any atom is -0.256 e. The third-order valence-corrected chi connectivity index (χ3v) is 8.29. The summed E-state index contributed by atoms with van der Waals surface area (Å²) in [6.07, 6.45) is 1.94. The van der Waals surface area contributed by atoms with Gasteiger partial charge in [-0.25, -0.2) is 9.97 Å². The topological polar surface area (TPSA) is 38.7 Å². The Morgan fingerprint density at radius 2 is 0.761 bits per heavy atom. The lowest BCUT2D eigenvalue weighted by Crippen LogP contribution is -1.97. The highest BCUT2D eigenvalue weighted by atomic mass is 14.9. The molecule has 0 amide bonds. The first-order chi connectivity index (χ1) is 22.8. The Bertz CT molecular complexity index is 2240. The molecule has 3 heteroatoms. The van der Waals surface area contributed by atoms with E-state index in [1.54, 1.807) is 0 Å². The largest absolute Gasteiger partial charge is 0.256 e. The molecule has 2 aromatic heterocycles. The van der Waals surface area contributed by atoms with Gasteiger partial charge in [0, 0.05) is 33.8 Å². The quantitative estimate of drug-likeness (QED) is 0.194. The van der Waals surface area contributed by atoms with Crippen LogP contribution >= 0.6 is 0 Å². The highest BCUT2D eigenvalue weighted by molar-refractivity contribution is 5.86. The highest BCUT2D eigenvalue weighted by Crippen LogP contribution is 2.35. The number of pyridine rings is 1. The fourth-order valence-corrected chi connectivity index (χ4v) is 5.91. The SMILES string of the molecule is c1ccc(-c2cc(-c3ccccc3)cc(-c3cc(-c4ccccc4)nc(-c4cccc(-c5cc6ccccc6cn5)c4)n3)c2)cc1. The van der Waals surface area contributed by atoms with Crippen LogP contribution in [0.4, 0.5) is 0 Å². The van der Waals surface area contributed by atoms with Crippen LogP contribution in [0.1, 0.15) is 0 Å². The van der Waals surface area contributed by atoms with E-state index in [-0.39, 0.29) is 0 Å². The van der Waals surface area contributed by atoms with E-state index in [4.69, 9.17) is 15.0 Å². The van der Waals surface area contributed by atoms with E-state index in [1.807, 2.05) is 30.5 Å². The average Bonchev–Trinajstić information content (AvgIpc) is 3.15. The van der Waals surface area contributed by atoms with Gasteiger partial charge in [0.15, 0.2) is 5.82 Å². The number of nitrogens with zero attached hydrogens (tertiary/aromatic N) is 3. The molecule has 0 saturated carbocycles. The lowest BCUT2D eigenvalue weighted by molar-refractivity contribution is 1.18. The zero-order valence-corrected chi connectivity index (χ0v) is 25.1. The van der Waals surface area contributed by atoms with Gasteiger partial charge in [-0.15, -0.1) is 0 Å². The third-order valence-electron chi connectivity index (χ3n) is 8.29. The second-order valence-corrected chi connectivity index (χ2v) is 11.4. The van der Waals surface area contributed by atoms with E-state index >= 15 is 0 Å². The van der Waals surface area contributed by atoms with E-state index < -0.39 is 0 Å². The van der Waals surface area contributed by atoms with Crippen molar-refractivity contribution in [1.29, 1.82) is 0 Å². The number of rotatable bonds is 6. The van der Waals surface area contributed by atoms with Crippen molar-refractivity contribution < 1.29 is 0 Å². The standard InChI is InChI=1S/C43H29N3/c1-4-13-30(14-5-1)37-24-38(31-15-6-2-7-16-31)26-39(25-37)42-28-41(32-17-8-3-9-18-32)45-43(46-42)35-22-12-21-34(23-35)40-27-33-19-10-11-20-36(33)29-44-40/h1-29H. The van der Waals surface area contributed by atoms with Crippen LogP contribution in [0.5, 0.6) is 0 Å². The molecule has 216 valence electrons. The van der Waals surface area contributed by atoms with Crippen LogP contribution in [0.25, 0.3) is 78.2 Å². The zero-order chi connectivity index (χ0) is 30.7. The molecule has 0 fully saturated rings. The predicted molar refractivity (Wildman–Crippen MR) is 190 cm³/mol. The Kier molecular flexibility index (Phi) is 7.18. The predicted octanol–water partition coefficient (Wildman–Crippen LogP) is 11.0. The van der Waals surface area contributed by atoms with Gasteiger partial charge in [0.25, 0.3) is 0 Å². The average molecular weight is 588 g/mol. The maximum Gasteiger partial charge on any atom is 0.160 e. The van der Waals surface area contributed by atoms with Gasteiger partial charge in [0.2, 0.25) is 0 Å². The van der Waals surface area contributed by atoms with Gasteiger partial charge < -0.3 is 0 Å². The Morgan fingerprint density at radius 1 is 0.283 bits per heavy atom. The van der Waals surface area contributed by atoms with Crippen molar-refractivity contribution in [3.63, 3.8) is 0 Å². The van der Waals surface area contributed by atoms with Crippen molar-refractivity contribution in [3.05, 3.63) is 176 Å². The van der Waals surface area contributed by atoms with Crippen LogP contribution in [-0.4, -0.2) is 15.0 Å². The molecule has 0 radical (unpaired) electrons. The number of hydrogen-bond donors (Lipinski definition) is 0. The lowest BCUT2D eigenvalue weighted by Gasteiger charge is -2.13. The Balaban J connectivity index is 1.30. The van der Waals surface area contributed by atoms with E-state index in [2.05, 4.69) is 146 Å². The van der Waals surface area contributed by atoms with E-state index in [9.17, 15) is 0 Å². The maximum atomic E-state index is 5.22. The number of aromatic nitrogens is 3. The van der Waals surface area contributed by atoms with Gasteiger partial charge in [-0.1, -0.05) is 133 Å². The van der Waals surface area contributed by atoms with E-state index in [0.29, 0.717) is 5.82 Å². The minimum absolute atomic E-state index is 0.672. The van der Waals surface area contributed by atoms with Gasteiger partial charge >= 0.3 is 0 Å². The summed E-state index contributed by atoms with van der Waals surface area (Å²) in [5.41, 5.74) is 11.3. The molecular weight excluding hydrogens is 558 g/mol. The molecule has 8 rings (SSSR count).